The van der Waals surface area contributed by atoms with Gasteiger partial charge in [0.05, 0.1) is 13.7 Å². The summed E-state index contributed by atoms with van der Waals surface area (Å²) in [5.41, 5.74) is 1.04. The smallest absolute Gasteiger partial charge is 0.317 e. The van der Waals surface area contributed by atoms with Gasteiger partial charge in [-0.15, -0.1) is 0 Å². The number of hydrogen-bond acceptors (Lipinski definition) is 2. The van der Waals surface area contributed by atoms with E-state index in [2.05, 4.69) is 5.32 Å². The monoisotopic (exact) mass is 206 g/mol. The molecular formula is C11H14N2O2. The summed E-state index contributed by atoms with van der Waals surface area (Å²) in [4.78, 5) is 13.1. The van der Waals surface area contributed by atoms with Crippen LogP contribution >= 0.6 is 0 Å². The molecule has 1 aromatic carbocycles. The van der Waals surface area contributed by atoms with Crippen molar-refractivity contribution in [2.24, 2.45) is 0 Å². The maximum Gasteiger partial charge on any atom is 0.317 e. The van der Waals surface area contributed by atoms with Gasteiger partial charge in [0.2, 0.25) is 0 Å². The molecule has 4 nitrogen and oxygen atoms in total. The lowest BCUT2D eigenvalue weighted by Gasteiger charge is -2.16. The number of carbonyl (C=O) groups is 1. The molecule has 1 fully saturated rings. The molecule has 1 aliphatic heterocycles. The van der Waals surface area contributed by atoms with E-state index in [9.17, 15) is 4.79 Å². The van der Waals surface area contributed by atoms with Gasteiger partial charge in [-0.3, -0.25) is 0 Å². The largest absolute Gasteiger partial charge is 0.496 e. The number of benzene rings is 1. The first-order chi connectivity index (χ1) is 7.31. The highest BCUT2D eigenvalue weighted by Crippen LogP contribution is 2.19. The van der Waals surface area contributed by atoms with Crippen molar-refractivity contribution in [3.8, 4) is 5.75 Å². The molecule has 80 valence electrons. The van der Waals surface area contributed by atoms with Crippen molar-refractivity contribution in [3.05, 3.63) is 29.8 Å². The minimum atomic E-state index is 0.000839. The number of urea groups is 1. The van der Waals surface area contributed by atoms with Crippen molar-refractivity contribution < 1.29 is 9.53 Å². The molecule has 0 unspecified atom stereocenters. The van der Waals surface area contributed by atoms with Crippen molar-refractivity contribution in [1.82, 2.24) is 10.2 Å². The Morgan fingerprint density at radius 2 is 2.27 bits per heavy atom. The van der Waals surface area contributed by atoms with E-state index in [4.69, 9.17) is 4.74 Å². The second-order valence-electron chi connectivity index (χ2n) is 3.47. The molecule has 0 spiro atoms. The first-order valence-electron chi connectivity index (χ1n) is 4.96. The van der Waals surface area contributed by atoms with Crippen molar-refractivity contribution in [2.75, 3.05) is 20.2 Å². The lowest BCUT2D eigenvalue weighted by molar-refractivity contribution is 0.215. The topological polar surface area (TPSA) is 41.6 Å². The maximum absolute atomic E-state index is 11.4. The second-order valence-corrected chi connectivity index (χ2v) is 3.47. The highest BCUT2D eigenvalue weighted by Gasteiger charge is 2.20. The van der Waals surface area contributed by atoms with E-state index in [1.54, 1.807) is 12.0 Å². The van der Waals surface area contributed by atoms with Crippen LogP contribution in [0.4, 0.5) is 4.79 Å². The fourth-order valence-electron chi connectivity index (χ4n) is 1.70. The summed E-state index contributed by atoms with van der Waals surface area (Å²) in [5, 5.41) is 2.77. The van der Waals surface area contributed by atoms with E-state index >= 15 is 0 Å². The van der Waals surface area contributed by atoms with Gasteiger partial charge in [0.1, 0.15) is 5.75 Å². The Bertz CT molecular complexity index is 365. The number of nitrogens with zero attached hydrogens (tertiary/aromatic N) is 1. The highest BCUT2D eigenvalue weighted by atomic mass is 16.5. The van der Waals surface area contributed by atoms with Crippen LogP contribution in [0.3, 0.4) is 0 Å². The number of rotatable bonds is 3. The molecule has 2 amide bonds. The van der Waals surface area contributed by atoms with E-state index in [-0.39, 0.29) is 6.03 Å². The van der Waals surface area contributed by atoms with E-state index in [0.29, 0.717) is 6.54 Å². The minimum absolute atomic E-state index is 0.000839. The second kappa shape index (κ2) is 4.21. The normalized spacial score (nSPS) is 15.3. The average molecular weight is 206 g/mol. The third kappa shape index (κ3) is 2.03. The van der Waals surface area contributed by atoms with Crippen molar-refractivity contribution >= 4 is 6.03 Å². The molecule has 4 heteroatoms. The summed E-state index contributed by atoms with van der Waals surface area (Å²) in [6.07, 6.45) is 0. The van der Waals surface area contributed by atoms with Gasteiger partial charge in [0, 0.05) is 18.7 Å². The first-order valence-corrected chi connectivity index (χ1v) is 4.96. The highest BCUT2D eigenvalue weighted by molar-refractivity contribution is 5.76. The minimum Gasteiger partial charge on any atom is -0.496 e. The predicted octanol–water partition coefficient (Wildman–Crippen LogP) is 1.22. The molecule has 1 N–H and O–H groups in total. The van der Waals surface area contributed by atoms with E-state index in [0.717, 1.165) is 24.4 Å². The summed E-state index contributed by atoms with van der Waals surface area (Å²) in [7, 11) is 1.64. The molecule has 1 aromatic rings. The summed E-state index contributed by atoms with van der Waals surface area (Å²) in [6, 6.07) is 7.76. The Morgan fingerprint density at radius 1 is 1.47 bits per heavy atom. The SMILES string of the molecule is COc1ccccc1CN1CCNC1=O. The molecule has 0 aliphatic carbocycles. The van der Waals surface area contributed by atoms with Gasteiger partial charge in [0.15, 0.2) is 0 Å². The predicted molar refractivity (Wildman–Crippen MR) is 56.8 cm³/mol. The fourth-order valence-corrected chi connectivity index (χ4v) is 1.70. The van der Waals surface area contributed by atoms with E-state index in [1.165, 1.54) is 0 Å². The Labute approximate surface area is 88.8 Å². The lowest BCUT2D eigenvalue weighted by atomic mass is 10.2. The maximum atomic E-state index is 11.4. The quantitative estimate of drug-likeness (QED) is 0.808. The Kier molecular flexibility index (Phi) is 2.76. The van der Waals surface area contributed by atoms with Gasteiger partial charge < -0.3 is 15.0 Å². The van der Waals surface area contributed by atoms with E-state index < -0.39 is 0 Å². The van der Waals surface area contributed by atoms with Crippen LogP contribution in [0, 0.1) is 0 Å². The number of ether oxygens (including phenoxy) is 1. The third-order valence-corrected chi connectivity index (χ3v) is 2.50. The molecule has 0 bridgehead atoms. The molecule has 0 atom stereocenters. The van der Waals surface area contributed by atoms with Gasteiger partial charge in [-0.25, -0.2) is 4.79 Å². The van der Waals surface area contributed by atoms with Crippen LogP contribution < -0.4 is 10.1 Å². The Hall–Kier alpha value is -1.71. The molecule has 0 aromatic heterocycles. The zero-order valence-corrected chi connectivity index (χ0v) is 8.69. The summed E-state index contributed by atoms with van der Waals surface area (Å²) >= 11 is 0. The van der Waals surface area contributed by atoms with Crippen molar-refractivity contribution in [3.63, 3.8) is 0 Å². The molecular weight excluding hydrogens is 192 g/mol. The number of amides is 2. The number of hydrogen-bond donors (Lipinski definition) is 1. The summed E-state index contributed by atoms with van der Waals surface area (Å²) in [6.45, 7) is 2.10. The van der Waals surface area contributed by atoms with Crippen LogP contribution in [0.1, 0.15) is 5.56 Å². The van der Waals surface area contributed by atoms with Gasteiger partial charge in [-0.2, -0.15) is 0 Å². The van der Waals surface area contributed by atoms with Crippen LogP contribution in [0.25, 0.3) is 0 Å². The molecule has 15 heavy (non-hydrogen) atoms. The standard InChI is InChI=1S/C11H14N2O2/c1-15-10-5-3-2-4-9(10)8-13-7-6-12-11(13)14/h2-5H,6-8H2,1H3,(H,12,14). The number of carbonyl (C=O) groups excluding carboxylic acids is 1. The average Bonchev–Trinajstić information content (AvgIpc) is 2.65. The molecule has 1 saturated heterocycles. The number of para-hydroxylation sites is 1. The summed E-state index contributed by atoms with van der Waals surface area (Å²) < 4.78 is 5.23. The molecule has 1 aliphatic rings. The third-order valence-electron chi connectivity index (χ3n) is 2.50. The lowest BCUT2D eigenvalue weighted by Crippen LogP contribution is -2.27. The van der Waals surface area contributed by atoms with Crippen LogP contribution in [0.15, 0.2) is 24.3 Å². The molecule has 1 heterocycles. The fraction of sp³-hybridized carbons (Fsp3) is 0.364. The molecule has 0 saturated carbocycles. The number of methoxy groups -OCH3 is 1. The Balaban J connectivity index is 2.12. The van der Waals surface area contributed by atoms with Crippen molar-refractivity contribution in [2.45, 2.75) is 6.54 Å². The number of nitrogens with one attached hydrogen (secondary N) is 1. The Morgan fingerprint density at radius 3 is 2.93 bits per heavy atom. The zero-order valence-electron chi connectivity index (χ0n) is 8.69. The zero-order chi connectivity index (χ0) is 10.7. The first kappa shape index (κ1) is 9.83. The molecule has 2 rings (SSSR count). The van der Waals surface area contributed by atoms with Crippen LogP contribution in [0.2, 0.25) is 0 Å². The molecule has 0 radical (unpaired) electrons. The van der Waals surface area contributed by atoms with Crippen LogP contribution in [-0.4, -0.2) is 31.1 Å². The van der Waals surface area contributed by atoms with Crippen LogP contribution in [0.5, 0.6) is 5.75 Å². The van der Waals surface area contributed by atoms with Gasteiger partial charge in [-0.1, -0.05) is 18.2 Å². The van der Waals surface area contributed by atoms with Gasteiger partial charge >= 0.3 is 6.03 Å². The van der Waals surface area contributed by atoms with Gasteiger partial charge in [0.25, 0.3) is 0 Å². The van der Waals surface area contributed by atoms with Gasteiger partial charge in [-0.05, 0) is 6.07 Å². The van der Waals surface area contributed by atoms with Crippen LogP contribution in [-0.2, 0) is 6.54 Å². The van der Waals surface area contributed by atoms with Crippen molar-refractivity contribution in [1.29, 1.82) is 0 Å². The van der Waals surface area contributed by atoms with E-state index in [1.807, 2.05) is 24.3 Å². The summed E-state index contributed by atoms with van der Waals surface area (Å²) in [5.74, 6) is 0.831.